The lowest BCUT2D eigenvalue weighted by Crippen LogP contribution is -2.43. The number of aryl methyl sites for hydroxylation is 2. The van der Waals surface area contributed by atoms with Crippen LogP contribution in [0.5, 0.6) is 0 Å². The molecule has 0 aliphatic heterocycles. The summed E-state index contributed by atoms with van der Waals surface area (Å²) in [5.74, 6) is 0.899. The minimum Gasteiger partial charge on any atom is -0.375 e. The van der Waals surface area contributed by atoms with Crippen molar-refractivity contribution >= 4 is 11.6 Å². The van der Waals surface area contributed by atoms with Gasteiger partial charge in [0, 0.05) is 51.2 Å². The summed E-state index contributed by atoms with van der Waals surface area (Å²) in [5.41, 5.74) is 4.94. The third-order valence-corrected chi connectivity index (χ3v) is 5.27. The Morgan fingerprint density at radius 3 is 2.55 bits per heavy atom. The molecule has 29 heavy (non-hydrogen) atoms. The van der Waals surface area contributed by atoms with Crippen molar-refractivity contribution in [3.63, 3.8) is 0 Å². The largest absolute Gasteiger partial charge is 0.375 e. The Labute approximate surface area is 176 Å². The van der Waals surface area contributed by atoms with E-state index in [0.29, 0.717) is 6.04 Å². The molecule has 0 amide bonds. The van der Waals surface area contributed by atoms with E-state index in [-0.39, 0.29) is 0 Å². The molecule has 0 radical (unpaired) electrons. The van der Waals surface area contributed by atoms with Gasteiger partial charge in [0.05, 0.1) is 5.69 Å². The molecule has 2 aromatic rings. The zero-order chi connectivity index (χ0) is 21.2. The van der Waals surface area contributed by atoms with Gasteiger partial charge in [-0.1, -0.05) is 18.2 Å². The second-order valence-electron chi connectivity index (χ2n) is 7.75. The molecule has 6 nitrogen and oxygen atoms in total. The molecule has 0 aliphatic carbocycles. The van der Waals surface area contributed by atoms with Crippen LogP contribution in [0.4, 0.5) is 5.69 Å². The summed E-state index contributed by atoms with van der Waals surface area (Å²) in [5, 5.41) is 11.4. The molecule has 6 heteroatoms. The van der Waals surface area contributed by atoms with Crippen molar-refractivity contribution in [3.8, 4) is 0 Å². The molecule has 160 valence electrons. The second-order valence-corrected chi connectivity index (χ2v) is 7.75. The smallest absolute Gasteiger partial charge is 0.191 e. The summed E-state index contributed by atoms with van der Waals surface area (Å²) in [6.07, 6.45) is 3.14. The summed E-state index contributed by atoms with van der Waals surface area (Å²) in [6.45, 7) is 11.3. The molecular formula is C23H38N6. The average molecular weight is 399 g/mol. The van der Waals surface area contributed by atoms with Crippen molar-refractivity contribution in [1.29, 1.82) is 0 Å². The van der Waals surface area contributed by atoms with E-state index in [9.17, 15) is 0 Å². The van der Waals surface area contributed by atoms with E-state index in [1.807, 2.05) is 11.7 Å². The van der Waals surface area contributed by atoms with Crippen molar-refractivity contribution < 1.29 is 0 Å². The lowest BCUT2D eigenvalue weighted by Gasteiger charge is -2.19. The van der Waals surface area contributed by atoms with Crippen LogP contribution in [0.3, 0.4) is 0 Å². The summed E-state index contributed by atoms with van der Waals surface area (Å²) in [4.78, 5) is 7.07. The van der Waals surface area contributed by atoms with Crippen molar-refractivity contribution in [1.82, 2.24) is 20.4 Å². The fraction of sp³-hybridized carbons (Fsp3) is 0.565. The second kappa shape index (κ2) is 11.5. The normalized spacial score (nSPS) is 12.7. The first-order valence-electron chi connectivity index (χ1n) is 10.7. The SMILES string of the molecule is CCNC(=NCCCCN(C)c1ccccc1)NC(C)Cc1c(C)nn(C)c1C. The van der Waals surface area contributed by atoms with Crippen LogP contribution in [0.15, 0.2) is 35.3 Å². The Kier molecular flexibility index (Phi) is 9.03. The number of rotatable bonds is 10. The zero-order valence-corrected chi connectivity index (χ0v) is 19.0. The van der Waals surface area contributed by atoms with E-state index < -0.39 is 0 Å². The zero-order valence-electron chi connectivity index (χ0n) is 19.0. The molecule has 1 aromatic carbocycles. The molecule has 0 saturated heterocycles. The van der Waals surface area contributed by atoms with Gasteiger partial charge in [-0.05, 0) is 64.7 Å². The van der Waals surface area contributed by atoms with E-state index in [0.717, 1.165) is 50.6 Å². The number of aliphatic imine (C=N–C) groups is 1. The van der Waals surface area contributed by atoms with Gasteiger partial charge in [0.25, 0.3) is 0 Å². The number of aromatic nitrogens is 2. The maximum atomic E-state index is 4.77. The van der Waals surface area contributed by atoms with E-state index in [1.54, 1.807) is 0 Å². The minimum atomic E-state index is 0.290. The monoisotopic (exact) mass is 398 g/mol. The van der Waals surface area contributed by atoms with Gasteiger partial charge in [0.15, 0.2) is 5.96 Å². The van der Waals surface area contributed by atoms with E-state index in [4.69, 9.17) is 4.99 Å². The number of hydrogen-bond donors (Lipinski definition) is 2. The highest BCUT2D eigenvalue weighted by Crippen LogP contribution is 2.14. The van der Waals surface area contributed by atoms with Crippen LogP contribution in [0.25, 0.3) is 0 Å². The van der Waals surface area contributed by atoms with Gasteiger partial charge in [-0.25, -0.2) is 0 Å². The summed E-state index contributed by atoms with van der Waals surface area (Å²) in [7, 11) is 4.15. The molecule has 1 atom stereocenters. The first-order valence-corrected chi connectivity index (χ1v) is 10.7. The van der Waals surface area contributed by atoms with Crippen molar-refractivity contribution in [3.05, 3.63) is 47.3 Å². The van der Waals surface area contributed by atoms with Gasteiger partial charge >= 0.3 is 0 Å². The molecule has 0 aliphatic rings. The molecule has 1 heterocycles. The number of nitrogens with zero attached hydrogens (tertiary/aromatic N) is 4. The Bertz CT molecular complexity index is 765. The number of guanidine groups is 1. The number of nitrogens with one attached hydrogen (secondary N) is 2. The maximum absolute atomic E-state index is 4.77. The number of para-hydroxylation sites is 1. The maximum Gasteiger partial charge on any atom is 0.191 e. The van der Waals surface area contributed by atoms with Crippen LogP contribution in [0, 0.1) is 13.8 Å². The van der Waals surface area contributed by atoms with Crippen molar-refractivity contribution in [2.45, 2.75) is 53.0 Å². The standard InChI is InChI=1S/C23H38N6/c1-7-24-23(26-18(2)17-22-19(3)27-29(6)20(22)4)25-15-11-12-16-28(5)21-13-9-8-10-14-21/h8-10,13-14,18H,7,11-12,15-17H2,1-6H3,(H2,24,25,26). The van der Waals surface area contributed by atoms with Gasteiger partial charge in [-0.3, -0.25) is 9.67 Å². The summed E-state index contributed by atoms with van der Waals surface area (Å²) >= 11 is 0. The predicted molar refractivity (Wildman–Crippen MR) is 124 cm³/mol. The predicted octanol–water partition coefficient (Wildman–Crippen LogP) is 3.44. The Morgan fingerprint density at radius 2 is 1.93 bits per heavy atom. The molecule has 0 fully saturated rings. The van der Waals surface area contributed by atoms with Crippen LogP contribution in [0.1, 0.15) is 43.6 Å². The highest BCUT2D eigenvalue weighted by atomic mass is 15.3. The first-order chi connectivity index (χ1) is 13.9. The Balaban J connectivity index is 1.79. The summed E-state index contributed by atoms with van der Waals surface area (Å²) < 4.78 is 1.96. The molecule has 0 saturated carbocycles. The van der Waals surface area contributed by atoms with E-state index in [2.05, 4.69) is 85.7 Å². The number of benzene rings is 1. The number of hydrogen-bond acceptors (Lipinski definition) is 3. The van der Waals surface area contributed by atoms with Gasteiger partial charge < -0.3 is 15.5 Å². The van der Waals surface area contributed by atoms with Gasteiger partial charge in [-0.2, -0.15) is 5.10 Å². The number of unbranched alkanes of at least 4 members (excludes halogenated alkanes) is 1. The van der Waals surface area contributed by atoms with Crippen molar-refractivity contribution in [2.24, 2.45) is 12.0 Å². The Hall–Kier alpha value is -2.50. The lowest BCUT2D eigenvalue weighted by molar-refractivity contribution is 0.633. The lowest BCUT2D eigenvalue weighted by atomic mass is 10.1. The topological polar surface area (TPSA) is 57.5 Å². The van der Waals surface area contributed by atoms with Crippen LogP contribution in [0.2, 0.25) is 0 Å². The van der Waals surface area contributed by atoms with Gasteiger partial charge in [0.1, 0.15) is 0 Å². The van der Waals surface area contributed by atoms with Crippen molar-refractivity contribution in [2.75, 3.05) is 31.6 Å². The van der Waals surface area contributed by atoms with Crippen LogP contribution in [-0.4, -0.2) is 48.5 Å². The third kappa shape index (κ3) is 7.11. The minimum absolute atomic E-state index is 0.290. The van der Waals surface area contributed by atoms with Gasteiger partial charge in [-0.15, -0.1) is 0 Å². The van der Waals surface area contributed by atoms with E-state index in [1.165, 1.54) is 16.9 Å². The van der Waals surface area contributed by atoms with E-state index >= 15 is 0 Å². The molecule has 1 aromatic heterocycles. The quantitative estimate of drug-likeness (QED) is 0.366. The number of anilines is 1. The van der Waals surface area contributed by atoms with Crippen LogP contribution < -0.4 is 15.5 Å². The molecule has 0 spiro atoms. The van der Waals surface area contributed by atoms with Crippen LogP contribution in [-0.2, 0) is 13.5 Å². The fourth-order valence-corrected chi connectivity index (χ4v) is 3.49. The molecular weight excluding hydrogens is 360 g/mol. The molecule has 2 rings (SSSR count). The molecule has 2 N–H and O–H groups in total. The highest BCUT2D eigenvalue weighted by molar-refractivity contribution is 5.80. The fourth-order valence-electron chi connectivity index (χ4n) is 3.49. The van der Waals surface area contributed by atoms with Gasteiger partial charge in [0.2, 0.25) is 0 Å². The first kappa shape index (κ1) is 22.8. The highest BCUT2D eigenvalue weighted by Gasteiger charge is 2.14. The molecule has 1 unspecified atom stereocenters. The van der Waals surface area contributed by atoms with Crippen LogP contribution >= 0.6 is 0 Å². The Morgan fingerprint density at radius 1 is 1.21 bits per heavy atom. The molecule has 0 bridgehead atoms. The average Bonchev–Trinajstić information content (AvgIpc) is 2.94. The third-order valence-electron chi connectivity index (χ3n) is 5.27. The summed E-state index contributed by atoms with van der Waals surface area (Å²) in [6, 6.07) is 10.8.